The zero-order chi connectivity index (χ0) is 18.5. The Labute approximate surface area is 158 Å². The number of quaternary nitrogens is 1. The molecule has 0 saturated heterocycles. The SMILES string of the molecule is CSc1ccc(CN(C)C(=O)C[NH+](C)Cc2ccc3c(c2)OCO3)cc1. The van der Waals surface area contributed by atoms with Crippen molar-refractivity contribution in [2.45, 2.75) is 18.0 Å². The molecule has 2 aromatic rings. The summed E-state index contributed by atoms with van der Waals surface area (Å²) in [5.41, 5.74) is 2.28. The van der Waals surface area contributed by atoms with Gasteiger partial charge in [0.2, 0.25) is 6.79 Å². The highest BCUT2D eigenvalue weighted by Crippen LogP contribution is 2.32. The van der Waals surface area contributed by atoms with Crippen molar-refractivity contribution in [2.75, 3.05) is 33.7 Å². The fourth-order valence-corrected chi connectivity index (χ4v) is 3.36. The fourth-order valence-electron chi connectivity index (χ4n) is 2.95. The van der Waals surface area contributed by atoms with Crippen molar-refractivity contribution >= 4 is 17.7 Å². The lowest BCUT2D eigenvalue weighted by Crippen LogP contribution is -3.08. The molecule has 1 aliphatic rings. The number of benzene rings is 2. The van der Waals surface area contributed by atoms with Gasteiger partial charge in [-0.1, -0.05) is 12.1 Å². The quantitative estimate of drug-likeness (QED) is 0.752. The van der Waals surface area contributed by atoms with Gasteiger partial charge >= 0.3 is 0 Å². The Balaban J connectivity index is 1.51. The van der Waals surface area contributed by atoms with Gasteiger partial charge in [-0.3, -0.25) is 4.79 Å². The highest BCUT2D eigenvalue weighted by molar-refractivity contribution is 7.98. The molecule has 2 aromatic carbocycles. The van der Waals surface area contributed by atoms with Crippen LogP contribution in [0.5, 0.6) is 11.5 Å². The van der Waals surface area contributed by atoms with Gasteiger partial charge in [0.15, 0.2) is 18.0 Å². The number of nitrogens with zero attached hydrogens (tertiary/aromatic N) is 1. The van der Waals surface area contributed by atoms with Gasteiger partial charge in [-0.05, 0) is 42.2 Å². The third-order valence-electron chi connectivity index (χ3n) is 4.40. The second-order valence-electron chi connectivity index (χ2n) is 6.60. The van der Waals surface area contributed by atoms with Crippen LogP contribution in [0.1, 0.15) is 11.1 Å². The van der Waals surface area contributed by atoms with Crippen LogP contribution >= 0.6 is 11.8 Å². The first-order valence-corrected chi connectivity index (χ1v) is 9.84. The Morgan fingerprint density at radius 1 is 1.12 bits per heavy atom. The van der Waals surface area contributed by atoms with Crippen LogP contribution in [-0.4, -0.2) is 44.5 Å². The topological polar surface area (TPSA) is 43.2 Å². The number of amides is 1. The van der Waals surface area contributed by atoms with E-state index in [1.54, 1.807) is 16.7 Å². The van der Waals surface area contributed by atoms with E-state index < -0.39 is 0 Å². The van der Waals surface area contributed by atoms with Crippen molar-refractivity contribution in [3.63, 3.8) is 0 Å². The highest BCUT2D eigenvalue weighted by atomic mass is 32.2. The first-order valence-electron chi connectivity index (χ1n) is 8.62. The van der Waals surface area contributed by atoms with Gasteiger partial charge < -0.3 is 19.3 Å². The molecule has 1 unspecified atom stereocenters. The molecule has 0 aromatic heterocycles. The molecule has 138 valence electrons. The molecule has 0 spiro atoms. The molecule has 1 atom stereocenters. The zero-order valence-corrected chi connectivity index (χ0v) is 16.3. The van der Waals surface area contributed by atoms with Crippen LogP contribution < -0.4 is 14.4 Å². The molecule has 6 heteroatoms. The number of carbonyl (C=O) groups excluding carboxylic acids is 1. The Bertz CT molecular complexity index is 764. The van der Waals surface area contributed by atoms with Crippen LogP contribution in [-0.2, 0) is 17.9 Å². The van der Waals surface area contributed by atoms with E-state index in [2.05, 4.69) is 30.5 Å². The third-order valence-corrected chi connectivity index (χ3v) is 5.14. The minimum absolute atomic E-state index is 0.136. The summed E-state index contributed by atoms with van der Waals surface area (Å²) in [5.74, 6) is 1.71. The van der Waals surface area contributed by atoms with Gasteiger partial charge in [0.05, 0.1) is 7.05 Å². The highest BCUT2D eigenvalue weighted by Gasteiger charge is 2.18. The fraction of sp³-hybridized carbons (Fsp3) is 0.350. The minimum Gasteiger partial charge on any atom is -0.454 e. The standard InChI is InChI=1S/C20H24N2O3S/c1-21(11-16-6-9-18-19(10-16)25-14-24-18)13-20(23)22(2)12-15-4-7-17(26-3)8-5-15/h4-10H,11-14H2,1-3H3/p+1. The van der Waals surface area contributed by atoms with E-state index in [9.17, 15) is 4.79 Å². The Hall–Kier alpha value is -2.18. The number of likely N-dealkylation sites (N-methyl/N-ethyl adjacent to an activating group) is 2. The molecule has 0 fully saturated rings. The van der Waals surface area contributed by atoms with Crippen LogP contribution in [0.3, 0.4) is 0 Å². The van der Waals surface area contributed by atoms with Crippen LogP contribution in [0.15, 0.2) is 47.4 Å². The lowest BCUT2D eigenvalue weighted by molar-refractivity contribution is -0.885. The number of carbonyl (C=O) groups is 1. The lowest BCUT2D eigenvalue weighted by Gasteiger charge is -2.20. The normalized spacial score (nSPS) is 13.5. The first-order chi connectivity index (χ1) is 12.5. The average molecular weight is 373 g/mol. The largest absolute Gasteiger partial charge is 0.454 e. The van der Waals surface area contributed by atoms with Gasteiger partial charge in [-0.2, -0.15) is 0 Å². The molecule has 0 aliphatic carbocycles. The summed E-state index contributed by atoms with van der Waals surface area (Å²) in [6.45, 7) is 2.12. The number of rotatable bonds is 7. The number of nitrogens with one attached hydrogen (secondary N) is 1. The number of hydrogen-bond acceptors (Lipinski definition) is 4. The van der Waals surface area contributed by atoms with Crippen molar-refractivity contribution in [1.82, 2.24) is 4.90 Å². The number of fused-ring (bicyclic) bond motifs is 1. The maximum atomic E-state index is 12.5. The predicted molar refractivity (Wildman–Crippen MR) is 103 cm³/mol. The molecular weight excluding hydrogens is 348 g/mol. The second-order valence-corrected chi connectivity index (χ2v) is 7.48. The summed E-state index contributed by atoms with van der Waals surface area (Å²) in [6, 6.07) is 14.3. The van der Waals surface area contributed by atoms with Gasteiger partial charge in [-0.15, -0.1) is 11.8 Å². The lowest BCUT2D eigenvalue weighted by atomic mass is 10.2. The number of hydrogen-bond donors (Lipinski definition) is 1. The van der Waals surface area contributed by atoms with Crippen molar-refractivity contribution in [1.29, 1.82) is 0 Å². The molecule has 1 N–H and O–H groups in total. The van der Waals surface area contributed by atoms with E-state index in [4.69, 9.17) is 9.47 Å². The van der Waals surface area contributed by atoms with E-state index in [0.717, 1.165) is 34.1 Å². The number of thioether (sulfide) groups is 1. The van der Waals surface area contributed by atoms with Crippen molar-refractivity contribution in [3.8, 4) is 11.5 Å². The Morgan fingerprint density at radius 2 is 1.81 bits per heavy atom. The maximum Gasteiger partial charge on any atom is 0.277 e. The second kappa shape index (κ2) is 8.47. The predicted octanol–water partition coefficient (Wildman–Crippen LogP) is 1.81. The third kappa shape index (κ3) is 4.71. The van der Waals surface area contributed by atoms with E-state index in [0.29, 0.717) is 13.1 Å². The first kappa shape index (κ1) is 18.6. The molecule has 0 radical (unpaired) electrons. The smallest absolute Gasteiger partial charge is 0.277 e. The van der Waals surface area contributed by atoms with Crippen molar-refractivity contribution in [2.24, 2.45) is 0 Å². The molecule has 26 heavy (non-hydrogen) atoms. The summed E-state index contributed by atoms with van der Waals surface area (Å²) in [4.78, 5) is 16.7. The van der Waals surface area contributed by atoms with E-state index in [1.807, 2.05) is 32.3 Å². The molecular formula is C20H25N2O3S+. The van der Waals surface area contributed by atoms with Gasteiger partial charge in [0, 0.05) is 24.1 Å². The van der Waals surface area contributed by atoms with E-state index >= 15 is 0 Å². The molecule has 0 bridgehead atoms. The summed E-state index contributed by atoms with van der Waals surface area (Å²) in [5, 5.41) is 0. The van der Waals surface area contributed by atoms with E-state index in [-0.39, 0.29) is 12.7 Å². The molecule has 1 heterocycles. The summed E-state index contributed by atoms with van der Waals surface area (Å²) >= 11 is 1.72. The van der Waals surface area contributed by atoms with Gasteiger partial charge in [0.1, 0.15) is 6.54 Å². The number of ether oxygens (including phenoxy) is 2. The Kier molecular flexibility index (Phi) is 6.06. The monoisotopic (exact) mass is 373 g/mol. The van der Waals surface area contributed by atoms with Gasteiger partial charge in [-0.25, -0.2) is 0 Å². The van der Waals surface area contributed by atoms with Crippen molar-refractivity contribution < 1.29 is 19.2 Å². The van der Waals surface area contributed by atoms with Crippen molar-refractivity contribution in [3.05, 3.63) is 53.6 Å². The average Bonchev–Trinajstić information content (AvgIpc) is 3.10. The molecule has 3 rings (SSSR count). The summed E-state index contributed by atoms with van der Waals surface area (Å²) in [7, 11) is 3.89. The Morgan fingerprint density at radius 3 is 2.54 bits per heavy atom. The summed E-state index contributed by atoms with van der Waals surface area (Å²) < 4.78 is 10.7. The van der Waals surface area contributed by atoms with Gasteiger partial charge in [0.25, 0.3) is 5.91 Å². The summed E-state index contributed by atoms with van der Waals surface area (Å²) in [6.07, 6.45) is 2.06. The maximum absolute atomic E-state index is 12.5. The van der Waals surface area contributed by atoms with Crippen LogP contribution in [0, 0.1) is 0 Å². The van der Waals surface area contributed by atoms with Crippen LogP contribution in [0.25, 0.3) is 0 Å². The van der Waals surface area contributed by atoms with Crippen LogP contribution in [0.2, 0.25) is 0 Å². The van der Waals surface area contributed by atoms with Crippen LogP contribution in [0.4, 0.5) is 0 Å². The molecule has 5 nitrogen and oxygen atoms in total. The molecule has 1 amide bonds. The molecule has 0 saturated carbocycles. The zero-order valence-electron chi connectivity index (χ0n) is 15.5. The molecule has 1 aliphatic heterocycles. The van der Waals surface area contributed by atoms with E-state index in [1.165, 1.54) is 4.90 Å². The minimum atomic E-state index is 0.136.